The average Bonchev–Trinajstić information content (AvgIpc) is 3.52. The molecule has 52 heavy (non-hydrogen) atoms. The highest BCUT2D eigenvalue weighted by Crippen LogP contribution is 2.56. The van der Waals surface area contributed by atoms with Crippen molar-refractivity contribution in [1.82, 2.24) is 0 Å². The van der Waals surface area contributed by atoms with Crippen LogP contribution >= 0.6 is 11.8 Å². The van der Waals surface area contributed by atoms with Crippen LogP contribution < -0.4 is 20.6 Å². The molecule has 0 N–H and O–H groups in total. The number of nitrogens with zero attached hydrogens (tertiary/aromatic N) is 2. The number of hydrogen-bond acceptors (Lipinski definition) is 4. The molecule has 11 rings (SSSR count). The SMILES string of the molecule is Cc1cc2c3c(c1)N(c1ccc(C(C)(C)C)cc1-c1ccccc1)c1cc4c(cc1B3N1c3ccccc3Sc3cccc-2c31)oc1ccccc14. The summed E-state index contributed by atoms with van der Waals surface area (Å²) in [5.74, 6) is 0. The number of para-hydroxylation sites is 3. The Bertz CT molecular complexity index is 2800. The summed E-state index contributed by atoms with van der Waals surface area (Å²) in [7, 11) is 0. The van der Waals surface area contributed by atoms with Gasteiger partial charge in [0, 0.05) is 48.8 Å². The smallest absolute Gasteiger partial charge is 0.333 e. The summed E-state index contributed by atoms with van der Waals surface area (Å²) in [6.45, 7) is 9.10. The van der Waals surface area contributed by atoms with Crippen molar-refractivity contribution in [2.45, 2.75) is 42.9 Å². The summed E-state index contributed by atoms with van der Waals surface area (Å²) >= 11 is 1.88. The summed E-state index contributed by atoms with van der Waals surface area (Å²) in [5.41, 5.74) is 18.1. The minimum Gasteiger partial charge on any atom is -0.456 e. The van der Waals surface area contributed by atoms with Crippen molar-refractivity contribution in [3.05, 3.63) is 151 Å². The van der Waals surface area contributed by atoms with Crippen LogP contribution in [0.25, 0.3) is 44.2 Å². The molecule has 0 atom stereocenters. The van der Waals surface area contributed by atoms with Crippen molar-refractivity contribution >= 4 is 79.9 Å². The Kier molecular flexibility index (Phi) is 6.17. The first-order valence-electron chi connectivity index (χ1n) is 18.1. The summed E-state index contributed by atoms with van der Waals surface area (Å²) in [4.78, 5) is 7.76. The maximum absolute atomic E-state index is 6.66. The van der Waals surface area contributed by atoms with Crippen LogP contribution in [0.2, 0.25) is 0 Å². The van der Waals surface area contributed by atoms with E-state index in [4.69, 9.17) is 4.42 Å². The molecule has 7 aromatic carbocycles. The van der Waals surface area contributed by atoms with Crippen molar-refractivity contribution in [2.24, 2.45) is 0 Å². The number of anilines is 5. The maximum atomic E-state index is 6.66. The van der Waals surface area contributed by atoms with Crippen molar-refractivity contribution < 1.29 is 4.42 Å². The molecule has 3 aliphatic heterocycles. The molecule has 0 saturated carbocycles. The van der Waals surface area contributed by atoms with E-state index in [0.29, 0.717) is 0 Å². The van der Waals surface area contributed by atoms with Crippen LogP contribution in [0.4, 0.5) is 28.4 Å². The van der Waals surface area contributed by atoms with Gasteiger partial charge in [0.2, 0.25) is 0 Å². The Morgan fingerprint density at radius 1 is 0.577 bits per heavy atom. The average molecular weight is 687 g/mol. The van der Waals surface area contributed by atoms with E-state index in [-0.39, 0.29) is 12.3 Å². The zero-order valence-corrected chi connectivity index (χ0v) is 30.4. The molecule has 3 aliphatic rings. The van der Waals surface area contributed by atoms with Crippen LogP contribution in [-0.4, -0.2) is 6.85 Å². The predicted molar refractivity (Wildman–Crippen MR) is 220 cm³/mol. The summed E-state index contributed by atoms with van der Waals surface area (Å²) in [6, 6.07) is 51.8. The van der Waals surface area contributed by atoms with Crippen molar-refractivity contribution in [2.75, 3.05) is 9.71 Å². The minimum atomic E-state index is -0.0563. The van der Waals surface area contributed by atoms with Gasteiger partial charge in [-0.2, -0.15) is 0 Å². The van der Waals surface area contributed by atoms with E-state index < -0.39 is 0 Å². The Hall–Kier alpha value is -5.65. The topological polar surface area (TPSA) is 19.6 Å². The zero-order valence-electron chi connectivity index (χ0n) is 29.6. The molecular formula is C47H35BN2OS. The lowest BCUT2D eigenvalue weighted by molar-refractivity contribution is 0.590. The van der Waals surface area contributed by atoms with E-state index in [2.05, 4.69) is 177 Å². The van der Waals surface area contributed by atoms with Gasteiger partial charge in [0.05, 0.1) is 11.4 Å². The lowest BCUT2D eigenvalue weighted by Gasteiger charge is -2.48. The van der Waals surface area contributed by atoms with E-state index in [1.54, 1.807) is 0 Å². The highest BCUT2D eigenvalue weighted by molar-refractivity contribution is 7.99. The van der Waals surface area contributed by atoms with Gasteiger partial charge in [-0.1, -0.05) is 117 Å². The lowest BCUT2D eigenvalue weighted by atomic mass is 9.43. The molecule has 248 valence electrons. The molecule has 0 bridgehead atoms. The van der Waals surface area contributed by atoms with Gasteiger partial charge in [0.15, 0.2) is 0 Å². The summed E-state index contributed by atoms with van der Waals surface area (Å²) in [5, 5.41) is 2.27. The van der Waals surface area contributed by atoms with Gasteiger partial charge in [-0.25, -0.2) is 0 Å². The molecule has 0 saturated heterocycles. The first-order valence-corrected chi connectivity index (χ1v) is 18.9. The fourth-order valence-corrected chi connectivity index (χ4v) is 9.95. The van der Waals surface area contributed by atoms with Crippen LogP contribution in [0.3, 0.4) is 0 Å². The first kappa shape index (κ1) is 30.0. The van der Waals surface area contributed by atoms with Gasteiger partial charge in [-0.3, -0.25) is 0 Å². The Labute approximate surface area is 308 Å². The molecular weight excluding hydrogens is 651 g/mol. The van der Waals surface area contributed by atoms with Crippen LogP contribution in [0, 0.1) is 6.92 Å². The molecule has 0 aliphatic carbocycles. The number of fused-ring (bicyclic) bond motifs is 9. The van der Waals surface area contributed by atoms with E-state index in [1.807, 2.05) is 11.8 Å². The molecule has 0 unspecified atom stereocenters. The standard InChI is InChI=1S/C47H35BN2OS/c1-28-23-35-32-16-12-20-44-46(32)50(38-17-9-11-19-43(38)52-44)48-36-27-42-34(31-15-8-10-18-41(31)51-42)26-39(36)49(40(24-28)45(35)48)37-22-21-30(47(2,3)4)25-33(37)29-13-6-5-7-14-29/h5-27H,1-4H3. The fraction of sp³-hybridized carbons (Fsp3) is 0.106. The Balaban J connectivity index is 1.30. The number of aryl methyl sites for hydroxylation is 1. The number of furan rings is 1. The number of benzene rings is 7. The Morgan fingerprint density at radius 3 is 2.23 bits per heavy atom. The third-order valence-corrected chi connectivity index (χ3v) is 12.3. The van der Waals surface area contributed by atoms with Gasteiger partial charge in [-0.05, 0) is 100 Å². The second-order valence-corrected chi connectivity index (χ2v) is 16.5. The van der Waals surface area contributed by atoms with E-state index >= 15 is 0 Å². The van der Waals surface area contributed by atoms with Crippen molar-refractivity contribution in [3.8, 4) is 22.3 Å². The summed E-state index contributed by atoms with van der Waals surface area (Å²) < 4.78 is 6.66. The molecule has 4 heterocycles. The molecule has 1 aromatic heterocycles. The molecule has 0 radical (unpaired) electrons. The van der Waals surface area contributed by atoms with Gasteiger partial charge in [0.1, 0.15) is 11.2 Å². The minimum absolute atomic E-state index is 0.00157. The molecule has 0 fully saturated rings. The molecule has 8 aromatic rings. The summed E-state index contributed by atoms with van der Waals surface area (Å²) in [6.07, 6.45) is 0. The third-order valence-electron chi connectivity index (χ3n) is 11.2. The normalized spacial score (nSPS) is 14.0. The molecule has 3 nitrogen and oxygen atoms in total. The van der Waals surface area contributed by atoms with E-state index in [9.17, 15) is 0 Å². The van der Waals surface area contributed by atoms with Gasteiger partial charge >= 0.3 is 6.85 Å². The van der Waals surface area contributed by atoms with Crippen LogP contribution in [-0.2, 0) is 5.41 Å². The van der Waals surface area contributed by atoms with Gasteiger partial charge in [0.25, 0.3) is 0 Å². The third kappa shape index (κ3) is 4.17. The first-order chi connectivity index (χ1) is 25.3. The number of hydrogen-bond donors (Lipinski definition) is 0. The number of rotatable bonds is 2. The van der Waals surface area contributed by atoms with Gasteiger partial charge in [-0.15, -0.1) is 0 Å². The monoisotopic (exact) mass is 686 g/mol. The van der Waals surface area contributed by atoms with E-state index in [1.165, 1.54) is 82.5 Å². The maximum Gasteiger partial charge on any atom is 0.333 e. The second-order valence-electron chi connectivity index (χ2n) is 15.4. The van der Waals surface area contributed by atoms with Gasteiger partial charge < -0.3 is 14.1 Å². The molecule has 0 spiro atoms. The highest BCUT2D eigenvalue weighted by Gasteiger charge is 2.48. The van der Waals surface area contributed by atoms with Crippen LogP contribution in [0.1, 0.15) is 31.9 Å². The molecule has 0 amide bonds. The zero-order chi connectivity index (χ0) is 34.9. The molecule has 5 heteroatoms. The van der Waals surface area contributed by atoms with E-state index in [0.717, 1.165) is 21.9 Å². The fourth-order valence-electron chi connectivity index (χ4n) is 8.84. The van der Waals surface area contributed by atoms with Crippen molar-refractivity contribution in [1.29, 1.82) is 0 Å². The van der Waals surface area contributed by atoms with Crippen LogP contribution in [0.5, 0.6) is 0 Å². The quantitative estimate of drug-likeness (QED) is 0.169. The second kappa shape index (κ2) is 10.7. The highest BCUT2D eigenvalue weighted by atomic mass is 32.2. The Morgan fingerprint density at radius 2 is 1.37 bits per heavy atom. The largest absolute Gasteiger partial charge is 0.456 e. The predicted octanol–water partition coefficient (Wildman–Crippen LogP) is 12.0. The van der Waals surface area contributed by atoms with Crippen LogP contribution in [0.15, 0.2) is 154 Å². The van der Waals surface area contributed by atoms with Crippen molar-refractivity contribution in [3.63, 3.8) is 0 Å². The lowest BCUT2D eigenvalue weighted by Crippen LogP contribution is -2.62.